The van der Waals surface area contributed by atoms with Gasteiger partial charge >= 0.3 is 5.69 Å². The van der Waals surface area contributed by atoms with Crippen LogP contribution >= 0.6 is 0 Å². The van der Waals surface area contributed by atoms with Gasteiger partial charge in [-0.05, 0) is 44.9 Å². The molecule has 3 heterocycles. The number of benzene rings is 2. The maximum atomic E-state index is 13.4. The Labute approximate surface area is 202 Å². The van der Waals surface area contributed by atoms with Crippen molar-refractivity contribution in [3.8, 4) is 11.5 Å². The van der Waals surface area contributed by atoms with Crippen molar-refractivity contribution in [1.82, 2.24) is 19.1 Å². The van der Waals surface area contributed by atoms with Gasteiger partial charge in [-0.2, -0.15) is 0 Å². The lowest BCUT2D eigenvalue weighted by atomic mass is 10.0. The highest BCUT2D eigenvalue weighted by Gasteiger charge is 2.27. The molecule has 2 aromatic carbocycles. The number of aryl methyl sites for hydroxylation is 2. The number of aromatic nitrogens is 4. The predicted octanol–water partition coefficient (Wildman–Crippen LogP) is 3.29. The van der Waals surface area contributed by atoms with E-state index in [1.165, 1.54) is 4.57 Å². The number of piperidine rings is 1. The third-order valence-corrected chi connectivity index (χ3v) is 6.89. The quantitative estimate of drug-likeness (QED) is 0.437. The number of hydrogen-bond donors (Lipinski definition) is 0. The van der Waals surface area contributed by atoms with Crippen LogP contribution in [0, 0.1) is 6.92 Å². The smallest absolute Gasteiger partial charge is 0.331 e. The molecule has 0 amide bonds. The summed E-state index contributed by atoms with van der Waals surface area (Å²) in [4.78, 5) is 37.9. The molecule has 4 aromatic rings. The minimum atomic E-state index is -0.239. The molecule has 9 nitrogen and oxygen atoms in total. The molecule has 182 valence electrons. The van der Waals surface area contributed by atoms with E-state index < -0.39 is 0 Å². The Morgan fingerprint density at radius 3 is 2.37 bits per heavy atom. The second-order valence-corrected chi connectivity index (χ2v) is 8.86. The second kappa shape index (κ2) is 9.05. The minimum absolute atomic E-state index is 0.170. The fourth-order valence-corrected chi connectivity index (χ4v) is 5.09. The fraction of sp³-hybridized carbons (Fsp3) is 0.385. The predicted molar refractivity (Wildman–Crippen MR) is 136 cm³/mol. The molecule has 0 spiro atoms. The second-order valence-electron chi connectivity index (χ2n) is 8.86. The number of rotatable bonds is 5. The highest BCUT2D eigenvalue weighted by Crippen LogP contribution is 2.36. The number of methoxy groups -OCH3 is 2. The van der Waals surface area contributed by atoms with Crippen LogP contribution in [-0.2, 0) is 6.54 Å². The van der Waals surface area contributed by atoms with Gasteiger partial charge in [-0.3, -0.25) is 13.9 Å². The van der Waals surface area contributed by atoms with E-state index in [1.54, 1.807) is 25.1 Å². The largest absolute Gasteiger partial charge is 0.493 e. The maximum Gasteiger partial charge on any atom is 0.331 e. The number of nitrogens with zero attached hydrogens (tertiary/aromatic N) is 5. The van der Waals surface area contributed by atoms with Gasteiger partial charge in [-0.15, -0.1) is 0 Å². The van der Waals surface area contributed by atoms with Crippen molar-refractivity contribution in [2.75, 3.05) is 32.2 Å². The molecule has 0 bridgehead atoms. The molecule has 5 rings (SSSR count). The first-order valence-electron chi connectivity index (χ1n) is 11.8. The Kier molecular flexibility index (Phi) is 5.92. The van der Waals surface area contributed by atoms with Crippen molar-refractivity contribution < 1.29 is 9.47 Å². The number of ether oxygens (including phenoxy) is 2. The van der Waals surface area contributed by atoms with Crippen LogP contribution in [-0.4, -0.2) is 46.4 Å². The Hall–Kier alpha value is -3.88. The third kappa shape index (κ3) is 3.80. The molecule has 0 unspecified atom stereocenters. The molecule has 1 aliphatic heterocycles. The van der Waals surface area contributed by atoms with E-state index >= 15 is 0 Å². The monoisotopic (exact) mass is 475 g/mol. The summed E-state index contributed by atoms with van der Waals surface area (Å²) in [6.07, 6.45) is 2.87. The molecule has 2 aromatic heterocycles. The molecule has 35 heavy (non-hydrogen) atoms. The summed E-state index contributed by atoms with van der Waals surface area (Å²) in [6.45, 7) is 5.72. The van der Waals surface area contributed by atoms with Gasteiger partial charge in [0.15, 0.2) is 11.5 Å². The summed E-state index contributed by atoms with van der Waals surface area (Å²) in [5, 5.41) is 1.46. The zero-order valence-electron chi connectivity index (χ0n) is 20.4. The van der Waals surface area contributed by atoms with Crippen LogP contribution in [0.5, 0.6) is 11.5 Å². The molecular weight excluding hydrogens is 446 g/mol. The van der Waals surface area contributed by atoms with Crippen molar-refractivity contribution in [2.24, 2.45) is 0 Å². The van der Waals surface area contributed by atoms with Gasteiger partial charge in [0.2, 0.25) is 0 Å². The molecule has 1 saturated heterocycles. The average Bonchev–Trinajstić information content (AvgIpc) is 2.88. The Bertz CT molecular complexity index is 1530. The highest BCUT2D eigenvalue weighted by atomic mass is 16.5. The van der Waals surface area contributed by atoms with Gasteiger partial charge in [0, 0.05) is 37.1 Å². The first-order valence-corrected chi connectivity index (χ1v) is 11.8. The van der Waals surface area contributed by atoms with E-state index in [4.69, 9.17) is 9.47 Å². The molecule has 1 aliphatic rings. The van der Waals surface area contributed by atoms with Crippen molar-refractivity contribution in [2.45, 2.75) is 39.3 Å². The van der Waals surface area contributed by atoms with E-state index in [0.29, 0.717) is 54.9 Å². The lowest BCUT2D eigenvalue weighted by Gasteiger charge is -2.34. The van der Waals surface area contributed by atoms with Crippen LogP contribution in [0.15, 0.2) is 46.2 Å². The van der Waals surface area contributed by atoms with E-state index in [-0.39, 0.29) is 17.3 Å². The van der Waals surface area contributed by atoms with Crippen LogP contribution in [0.4, 0.5) is 5.82 Å². The van der Waals surface area contributed by atoms with Gasteiger partial charge in [-0.25, -0.2) is 14.8 Å². The van der Waals surface area contributed by atoms with Crippen LogP contribution < -0.4 is 25.6 Å². The van der Waals surface area contributed by atoms with Crippen LogP contribution in [0.3, 0.4) is 0 Å². The third-order valence-electron chi connectivity index (χ3n) is 6.89. The van der Waals surface area contributed by atoms with Gasteiger partial charge in [0.05, 0.1) is 30.6 Å². The summed E-state index contributed by atoms with van der Waals surface area (Å²) in [6, 6.07) is 9.25. The first kappa shape index (κ1) is 22.9. The van der Waals surface area contributed by atoms with Gasteiger partial charge < -0.3 is 14.4 Å². The summed E-state index contributed by atoms with van der Waals surface area (Å²) >= 11 is 0. The van der Waals surface area contributed by atoms with E-state index in [0.717, 1.165) is 22.3 Å². The van der Waals surface area contributed by atoms with E-state index in [1.807, 2.05) is 44.2 Å². The van der Waals surface area contributed by atoms with Gasteiger partial charge in [0.25, 0.3) is 5.56 Å². The SMILES string of the molecule is CCn1c(=O)n(C2CCN(c3ncnc4cc(OC)c(OC)cc34)CC2)c(=O)c2cc(C)ccc21. The minimum Gasteiger partial charge on any atom is -0.493 e. The van der Waals surface area contributed by atoms with Crippen molar-refractivity contribution >= 4 is 27.6 Å². The topological polar surface area (TPSA) is 91.5 Å². The zero-order valence-corrected chi connectivity index (χ0v) is 20.4. The lowest BCUT2D eigenvalue weighted by molar-refractivity contribution is 0.355. The zero-order chi connectivity index (χ0) is 24.7. The molecule has 0 atom stereocenters. The number of hydrogen-bond acceptors (Lipinski definition) is 7. The summed E-state index contributed by atoms with van der Waals surface area (Å²) in [5.41, 5.74) is 2.01. The van der Waals surface area contributed by atoms with E-state index in [9.17, 15) is 9.59 Å². The van der Waals surface area contributed by atoms with Crippen molar-refractivity contribution in [3.63, 3.8) is 0 Å². The summed E-state index contributed by atoms with van der Waals surface area (Å²) < 4.78 is 14.0. The molecule has 0 aliphatic carbocycles. The van der Waals surface area contributed by atoms with Crippen LogP contribution in [0.25, 0.3) is 21.8 Å². The number of anilines is 1. The molecule has 0 saturated carbocycles. The maximum absolute atomic E-state index is 13.4. The van der Waals surface area contributed by atoms with Gasteiger partial charge in [0.1, 0.15) is 12.1 Å². The van der Waals surface area contributed by atoms with Crippen LogP contribution in [0.1, 0.15) is 31.4 Å². The van der Waals surface area contributed by atoms with Crippen LogP contribution in [0.2, 0.25) is 0 Å². The van der Waals surface area contributed by atoms with Gasteiger partial charge in [-0.1, -0.05) is 11.6 Å². The first-order chi connectivity index (χ1) is 17.0. The fourth-order valence-electron chi connectivity index (χ4n) is 5.09. The molecule has 9 heteroatoms. The Morgan fingerprint density at radius 1 is 0.971 bits per heavy atom. The summed E-state index contributed by atoms with van der Waals surface area (Å²) in [5.74, 6) is 2.03. The molecular formula is C26H29N5O4. The highest BCUT2D eigenvalue weighted by molar-refractivity contribution is 5.92. The Balaban J connectivity index is 1.50. The standard InChI is InChI=1S/C26H29N5O4/c1-5-30-21-7-6-16(2)12-19(21)25(32)31(26(30)33)17-8-10-29(11-9-17)24-18-13-22(34-3)23(35-4)14-20(18)27-15-28-24/h6-7,12-15,17H,5,8-11H2,1-4H3. The Morgan fingerprint density at radius 2 is 1.69 bits per heavy atom. The molecule has 0 N–H and O–H groups in total. The summed E-state index contributed by atoms with van der Waals surface area (Å²) in [7, 11) is 3.20. The normalized spacial score (nSPS) is 14.6. The number of fused-ring (bicyclic) bond motifs is 2. The lowest BCUT2D eigenvalue weighted by Crippen LogP contribution is -2.46. The van der Waals surface area contributed by atoms with Crippen molar-refractivity contribution in [1.29, 1.82) is 0 Å². The molecule has 1 fully saturated rings. The van der Waals surface area contributed by atoms with E-state index in [2.05, 4.69) is 14.9 Å². The van der Waals surface area contributed by atoms with Crippen molar-refractivity contribution in [3.05, 3.63) is 63.1 Å². The molecule has 0 radical (unpaired) electrons. The average molecular weight is 476 g/mol.